The lowest BCUT2D eigenvalue weighted by Crippen LogP contribution is -2.02. The largest absolute Gasteiger partial charge is 0.474 e. The van der Waals surface area contributed by atoms with E-state index in [4.69, 9.17) is 10.2 Å². The second-order valence-electron chi connectivity index (χ2n) is 2.92. The maximum absolute atomic E-state index is 8.33. The van der Waals surface area contributed by atoms with Gasteiger partial charge in [-0.15, -0.1) is 0 Å². The van der Waals surface area contributed by atoms with Crippen molar-refractivity contribution in [3.63, 3.8) is 0 Å². The zero-order chi connectivity index (χ0) is 14.6. The predicted octanol–water partition coefficient (Wildman–Crippen LogP) is 3.46. The van der Waals surface area contributed by atoms with Gasteiger partial charge in [-0.2, -0.15) is 0 Å². The second-order valence-corrected chi connectivity index (χ2v) is 2.92. The third-order valence-corrected chi connectivity index (χ3v) is 1.45. The van der Waals surface area contributed by atoms with Crippen molar-refractivity contribution < 1.29 is 19.7 Å². The van der Waals surface area contributed by atoms with Gasteiger partial charge in [0.1, 0.15) is 0 Å². The Kier molecular flexibility index (Phi) is 29.7. The van der Waals surface area contributed by atoms with E-state index in [2.05, 4.69) is 42.7 Å². The van der Waals surface area contributed by atoms with Gasteiger partial charge in [0.05, 0.1) is 25.0 Å². The average molecular weight is 258 g/mol. The number of unbranched alkanes of at least 4 members (excludes halogenated alkanes) is 2. The molecule has 0 spiro atoms. The molecule has 0 aromatic carbocycles. The smallest absolute Gasteiger partial charge is 0.151 e. The zero-order valence-electron chi connectivity index (χ0n) is 11.3. The summed E-state index contributed by atoms with van der Waals surface area (Å²) in [5, 5.41) is 16.7. The van der Waals surface area contributed by atoms with Crippen LogP contribution < -0.4 is 0 Å². The van der Waals surface area contributed by atoms with E-state index >= 15 is 0 Å². The Labute approximate surface area is 111 Å². The third-order valence-electron chi connectivity index (χ3n) is 1.45. The van der Waals surface area contributed by atoms with Crippen LogP contribution in [-0.4, -0.2) is 16.5 Å². The molecule has 0 bridgehead atoms. The molecule has 0 aliphatic carbocycles. The molecule has 0 aliphatic heterocycles. The van der Waals surface area contributed by atoms with Crippen LogP contribution in [0.15, 0.2) is 51.4 Å². The summed E-state index contributed by atoms with van der Waals surface area (Å²) in [7, 11) is 0. The van der Waals surface area contributed by atoms with Crippen LogP contribution in [0.1, 0.15) is 32.6 Å². The molecule has 0 aromatic rings. The predicted molar refractivity (Wildman–Crippen MR) is 75.3 cm³/mol. The van der Waals surface area contributed by atoms with Crippen LogP contribution in [0.2, 0.25) is 0 Å². The van der Waals surface area contributed by atoms with Gasteiger partial charge in [-0.3, -0.25) is 0 Å². The second kappa shape index (κ2) is 24.6. The number of hydrogen-bond donors (Lipinski definition) is 2. The number of ether oxygens (including phenoxy) is 2. The van der Waals surface area contributed by atoms with E-state index in [0.29, 0.717) is 6.42 Å². The number of aliphatic hydroxyl groups is 2. The first-order valence-corrected chi connectivity index (χ1v) is 5.71. The Morgan fingerprint density at radius 1 is 0.889 bits per heavy atom. The van der Waals surface area contributed by atoms with Crippen LogP contribution >= 0.6 is 0 Å². The van der Waals surface area contributed by atoms with Crippen LogP contribution in [0, 0.1) is 0 Å². The van der Waals surface area contributed by atoms with E-state index in [-0.39, 0.29) is 0 Å². The molecule has 4 nitrogen and oxygen atoms in total. The highest BCUT2D eigenvalue weighted by Crippen LogP contribution is 1.99. The van der Waals surface area contributed by atoms with Crippen molar-refractivity contribution in [2.45, 2.75) is 38.9 Å². The fraction of sp³-hybridized carbons (Fsp3) is 0.429. The minimum Gasteiger partial charge on any atom is -0.474 e. The molecule has 106 valence electrons. The first-order valence-electron chi connectivity index (χ1n) is 5.71. The van der Waals surface area contributed by atoms with Gasteiger partial charge in [-0.25, -0.2) is 0 Å². The lowest BCUT2D eigenvalue weighted by molar-refractivity contribution is -0.0465. The molecule has 0 amide bonds. The lowest BCUT2D eigenvalue weighted by atomic mass is 10.2. The highest BCUT2D eigenvalue weighted by Gasteiger charge is 1.93. The van der Waals surface area contributed by atoms with Gasteiger partial charge in [-0.1, -0.05) is 46.1 Å². The maximum Gasteiger partial charge on any atom is 0.151 e. The van der Waals surface area contributed by atoms with Crippen molar-refractivity contribution in [2.75, 3.05) is 0 Å². The molecule has 0 atom stereocenters. The zero-order valence-corrected chi connectivity index (χ0v) is 11.3. The number of aliphatic hydroxyl groups excluding tert-OH is 1. The molecule has 18 heavy (non-hydrogen) atoms. The SMILES string of the molecule is C=COC=C.C=COC=C.CCCCCC(O)O. The number of hydrogen-bond acceptors (Lipinski definition) is 4. The summed E-state index contributed by atoms with van der Waals surface area (Å²) in [4.78, 5) is 0. The van der Waals surface area contributed by atoms with Crippen molar-refractivity contribution in [3.05, 3.63) is 51.4 Å². The Morgan fingerprint density at radius 3 is 1.44 bits per heavy atom. The maximum atomic E-state index is 8.33. The van der Waals surface area contributed by atoms with E-state index in [9.17, 15) is 0 Å². The minimum absolute atomic E-state index is 0.522. The third kappa shape index (κ3) is 47.0. The van der Waals surface area contributed by atoms with Crippen LogP contribution in [-0.2, 0) is 9.47 Å². The van der Waals surface area contributed by atoms with Crippen LogP contribution in [0.25, 0.3) is 0 Å². The van der Waals surface area contributed by atoms with Crippen molar-refractivity contribution in [2.24, 2.45) is 0 Å². The Balaban J connectivity index is -0.000000197. The van der Waals surface area contributed by atoms with E-state index in [1.165, 1.54) is 25.0 Å². The van der Waals surface area contributed by atoms with Crippen molar-refractivity contribution in [1.29, 1.82) is 0 Å². The topological polar surface area (TPSA) is 58.9 Å². The van der Waals surface area contributed by atoms with Gasteiger partial charge in [0, 0.05) is 0 Å². The molecule has 0 radical (unpaired) electrons. The number of rotatable bonds is 8. The molecule has 0 saturated carbocycles. The summed E-state index contributed by atoms with van der Waals surface area (Å²) in [6.07, 6.45) is 7.83. The van der Waals surface area contributed by atoms with Crippen molar-refractivity contribution in [1.82, 2.24) is 0 Å². The summed E-state index contributed by atoms with van der Waals surface area (Å²) < 4.78 is 8.72. The first-order chi connectivity index (χ1) is 8.60. The summed E-state index contributed by atoms with van der Waals surface area (Å²) in [5.74, 6) is 0. The normalized spacial score (nSPS) is 7.78. The Bertz CT molecular complexity index is 162. The molecule has 0 aromatic heterocycles. The van der Waals surface area contributed by atoms with Gasteiger partial charge < -0.3 is 19.7 Å². The van der Waals surface area contributed by atoms with E-state index in [1.54, 1.807) is 0 Å². The standard InChI is InChI=1S/C6H14O2.2C4H6O/c1-2-3-4-5-6(7)8;2*1-3-5-4-2/h6-8H,2-5H2,1H3;2*3-4H,1-2H2. The van der Waals surface area contributed by atoms with Gasteiger partial charge in [0.2, 0.25) is 0 Å². The molecular formula is C14H26O4. The summed E-state index contributed by atoms with van der Waals surface area (Å²) in [6.45, 7) is 15.1. The monoisotopic (exact) mass is 258 g/mol. The molecule has 2 N–H and O–H groups in total. The Morgan fingerprint density at radius 2 is 1.28 bits per heavy atom. The molecule has 0 saturated heterocycles. The molecule has 0 unspecified atom stereocenters. The highest BCUT2D eigenvalue weighted by atomic mass is 16.5. The molecule has 4 heteroatoms. The first kappa shape index (κ1) is 21.7. The Hall–Kier alpha value is -1.52. The average Bonchev–Trinajstić information content (AvgIpc) is 2.33. The summed E-state index contributed by atoms with van der Waals surface area (Å²) >= 11 is 0. The van der Waals surface area contributed by atoms with Gasteiger partial charge >= 0.3 is 0 Å². The minimum atomic E-state index is -1.10. The highest BCUT2D eigenvalue weighted by molar-refractivity contribution is 4.57. The van der Waals surface area contributed by atoms with E-state index < -0.39 is 6.29 Å². The van der Waals surface area contributed by atoms with Crippen LogP contribution in [0.3, 0.4) is 0 Å². The van der Waals surface area contributed by atoms with Gasteiger partial charge in [0.25, 0.3) is 0 Å². The molecule has 0 heterocycles. The van der Waals surface area contributed by atoms with E-state index in [0.717, 1.165) is 19.3 Å². The van der Waals surface area contributed by atoms with Crippen molar-refractivity contribution >= 4 is 0 Å². The summed E-state index contributed by atoms with van der Waals surface area (Å²) in [6, 6.07) is 0. The lowest BCUT2D eigenvalue weighted by Gasteiger charge is -1.99. The quantitative estimate of drug-likeness (QED) is 0.397. The summed E-state index contributed by atoms with van der Waals surface area (Å²) in [5.41, 5.74) is 0. The van der Waals surface area contributed by atoms with Gasteiger partial charge in [-0.05, 0) is 12.8 Å². The fourth-order valence-electron chi connectivity index (χ4n) is 0.713. The molecule has 0 aliphatic rings. The van der Waals surface area contributed by atoms with Crippen LogP contribution in [0.4, 0.5) is 0 Å². The van der Waals surface area contributed by atoms with Crippen molar-refractivity contribution in [3.8, 4) is 0 Å². The van der Waals surface area contributed by atoms with Crippen LogP contribution in [0.5, 0.6) is 0 Å². The molecule has 0 rings (SSSR count). The van der Waals surface area contributed by atoms with Gasteiger partial charge in [0.15, 0.2) is 6.29 Å². The molecular weight excluding hydrogens is 232 g/mol. The molecule has 0 fully saturated rings. The fourth-order valence-corrected chi connectivity index (χ4v) is 0.713. The van der Waals surface area contributed by atoms with E-state index in [1.807, 2.05) is 0 Å².